The van der Waals surface area contributed by atoms with E-state index in [0.29, 0.717) is 6.04 Å². The van der Waals surface area contributed by atoms with Gasteiger partial charge in [0.2, 0.25) is 0 Å². The van der Waals surface area contributed by atoms with Gasteiger partial charge in [0.1, 0.15) is 0 Å². The van der Waals surface area contributed by atoms with Gasteiger partial charge in [-0.1, -0.05) is 25.1 Å². The fourth-order valence-electron chi connectivity index (χ4n) is 3.27. The van der Waals surface area contributed by atoms with Crippen LogP contribution in [0.2, 0.25) is 0 Å². The van der Waals surface area contributed by atoms with Crippen molar-refractivity contribution < 1.29 is 5.11 Å². The summed E-state index contributed by atoms with van der Waals surface area (Å²) in [5, 5.41) is 9.77. The first kappa shape index (κ1) is 18.2. The van der Waals surface area contributed by atoms with Crippen LogP contribution in [-0.2, 0) is 6.54 Å². The number of benzene rings is 1. The minimum Gasteiger partial charge on any atom is -0.392 e. The van der Waals surface area contributed by atoms with Gasteiger partial charge < -0.3 is 14.9 Å². The maximum Gasteiger partial charge on any atom is 0.0639 e. The second-order valence-corrected chi connectivity index (χ2v) is 6.92. The Bertz CT molecular complexity index is 467. The molecule has 1 aliphatic rings. The van der Waals surface area contributed by atoms with Gasteiger partial charge in [0.05, 0.1) is 6.10 Å². The Labute approximate surface area is 141 Å². The molecule has 1 fully saturated rings. The molecule has 1 saturated heterocycles. The number of anilines is 1. The fraction of sp³-hybridized carbons (Fsp3) is 0.684. The summed E-state index contributed by atoms with van der Waals surface area (Å²) >= 11 is 0. The highest BCUT2D eigenvalue weighted by atomic mass is 16.3. The Morgan fingerprint density at radius 2 is 1.74 bits per heavy atom. The SMILES string of the molecule is CCN1CCN(c2ccccc2CN(CC(C)O)C(C)C)CC1. The van der Waals surface area contributed by atoms with Crippen LogP contribution < -0.4 is 4.90 Å². The van der Waals surface area contributed by atoms with Crippen LogP contribution in [0.25, 0.3) is 0 Å². The Balaban J connectivity index is 2.10. The van der Waals surface area contributed by atoms with E-state index in [1.165, 1.54) is 11.3 Å². The quantitative estimate of drug-likeness (QED) is 0.836. The van der Waals surface area contributed by atoms with E-state index < -0.39 is 0 Å². The van der Waals surface area contributed by atoms with Crippen molar-refractivity contribution in [2.75, 3.05) is 44.2 Å². The Morgan fingerprint density at radius 3 is 2.30 bits per heavy atom. The van der Waals surface area contributed by atoms with Gasteiger partial charge in [-0.3, -0.25) is 4.90 Å². The number of nitrogens with zero attached hydrogens (tertiary/aromatic N) is 3. The summed E-state index contributed by atoms with van der Waals surface area (Å²) in [6.45, 7) is 15.7. The molecular weight excluding hydrogens is 286 g/mol. The average Bonchev–Trinajstić information content (AvgIpc) is 2.54. The lowest BCUT2D eigenvalue weighted by molar-refractivity contribution is 0.103. The molecule has 1 aromatic carbocycles. The zero-order valence-electron chi connectivity index (χ0n) is 15.2. The van der Waals surface area contributed by atoms with Crippen molar-refractivity contribution in [2.24, 2.45) is 0 Å². The first-order valence-electron chi connectivity index (χ1n) is 8.98. The van der Waals surface area contributed by atoms with Gasteiger partial charge in [0.25, 0.3) is 0 Å². The predicted molar refractivity (Wildman–Crippen MR) is 98.0 cm³/mol. The van der Waals surface area contributed by atoms with Crippen LogP contribution in [0.15, 0.2) is 24.3 Å². The molecule has 23 heavy (non-hydrogen) atoms. The summed E-state index contributed by atoms with van der Waals surface area (Å²) in [5.74, 6) is 0. The number of rotatable bonds is 7. The molecule has 0 spiro atoms. The maximum absolute atomic E-state index is 9.77. The summed E-state index contributed by atoms with van der Waals surface area (Å²) in [7, 11) is 0. The number of aliphatic hydroxyl groups excluding tert-OH is 1. The summed E-state index contributed by atoms with van der Waals surface area (Å²) in [4.78, 5) is 7.38. The highest BCUT2D eigenvalue weighted by Crippen LogP contribution is 2.24. The van der Waals surface area contributed by atoms with Crippen LogP contribution in [-0.4, -0.2) is 66.3 Å². The number of hydrogen-bond acceptors (Lipinski definition) is 4. The van der Waals surface area contributed by atoms with Crippen LogP contribution in [0.5, 0.6) is 0 Å². The van der Waals surface area contributed by atoms with Crippen molar-refractivity contribution >= 4 is 5.69 Å². The largest absolute Gasteiger partial charge is 0.392 e. The molecule has 4 heteroatoms. The molecule has 1 atom stereocenters. The molecular formula is C19H33N3O. The Morgan fingerprint density at radius 1 is 1.09 bits per heavy atom. The Hall–Kier alpha value is -1.10. The molecule has 1 N–H and O–H groups in total. The van der Waals surface area contributed by atoms with Crippen molar-refractivity contribution in [3.05, 3.63) is 29.8 Å². The molecule has 1 heterocycles. The summed E-state index contributed by atoms with van der Waals surface area (Å²) < 4.78 is 0. The highest BCUT2D eigenvalue weighted by Gasteiger charge is 2.20. The molecule has 1 unspecified atom stereocenters. The smallest absolute Gasteiger partial charge is 0.0639 e. The van der Waals surface area contributed by atoms with Crippen LogP contribution in [0.4, 0.5) is 5.69 Å². The lowest BCUT2D eigenvalue weighted by Crippen LogP contribution is -2.46. The third-order valence-electron chi connectivity index (χ3n) is 4.75. The molecule has 1 aromatic rings. The molecule has 0 amide bonds. The molecule has 0 aliphatic carbocycles. The maximum atomic E-state index is 9.77. The van der Waals surface area contributed by atoms with Crippen molar-refractivity contribution in [1.82, 2.24) is 9.80 Å². The van der Waals surface area contributed by atoms with E-state index in [-0.39, 0.29) is 6.10 Å². The minimum atomic E-state index is -0.294. The lowest BCUT2D eigenvalue weighted by Gasteiger charge is -2.37. The van der Waals surface area contributed by atoms with Crippen molar-refractivity contribution in [3.63, 3.8) is 0 Å². The van der Waals surface area contributed by atoms with Crippen molar-refractivity contribution in [1.29, 1.82) is 0 Å². The summed E-state index contributed by atoms with van der Waals surface area (Å²) in [6.07, 6.45) is -0.294. The minimum absolute atomic E-state index is 0.294. The summed E-state index contributed by atoms with van der Waals surface area (Å²) in [5.41, 5.74) is 2.73. The number of likely N-dealkylation sites (N-methyl/N-ethyl adjacent to an activating group) is 1. The van der Waals surface area contributed by atoms with Crippen LogP contribution in [0.1, 0.15) is 33.3 Å². The van der Waals surface area contributed by atoms with Crippen molar-refractivity contribution in [3.8, 4) is 0 Å². The van der Waals surface area contributed by atoms with Crippen LogP contribution in [0.3, 0.4) is 0 Å². The van der Waals surface area contributed by atoms with Gasteiger partial charge in [0, 0.05) is 51.0 Å². The summed E-state index contributed by atoms with van der Waals surface area (Å²) in [6, 6.07) is 9.17. The Kier molecular flexibility index (Phi) is 6.88. The van der Waals surface area contributed by atoms with E-state index in [9.17, 15) is 5.11 Å². The molecule has 0 saturated carbocycles. The van der Waals surface area contributed by atoms with Gasteiger partial charge >= 0.3 is 0 Å². The van der Waals surface area contributed by atoms with E-state index in [1.807, 2.05) is 6.92 Å². The predicted octanol–water partition coefficient (Wildman–Crippen LogP) is 2.42. The highest BCUT2D eigenvalue weighted by molar-refractivity contribution is 5.54. The normalized spacial score (nSPS) is 18.0. The topological polar surface area (TPSA) is 30.0 Å². The molecule has 1 aliphatic heterocycles. The molecule has 0 bridgehead atoms. The molecule has 0 aromatic heterocycles. The van der Waals surface area contributed by atoms with E-state index in [1.54, 1.807) is 0 Å². The lowest BCUT2D eigenvalue weighted by atomic mass is 10.1. The molecule has 130 valence electrons. The zero-order chi connectivity index (χ0) is 16.8. The van der Waals surface area contributed by atoms with Gasteiger partial charge in [-0.2, -0.15) is 0 Å². The third-order valence-corrected chi connectivity index (χ3v) is 4.75. The van der Waals surface area contributed by atoms with Gasteiger partial charge in [-0.15, -0.1) is 0 Å². The first-order valence-corrected chi connectivity index (χ1v) is 8.98. The molecule has 0 radical (unpaired) electrons. The monoisotopic (exact) mass is 319 g/mol. The van der Waals surface area contributed by atoms with Gasteiger partial charge in [-0.25, -0.2) is 0 Å². The second-order valence-electron chi connectivity index (χ2n) is 6.92. The molecule has 2 rings (SSSR count). The first-order chi connectivity index (χ1) is 11.0. The van der Waals surface area contributed by atoms with E-state index in [4.69, 9.17) is 0 Å². The third kappa shape index (κ3) is 5.20. The van der Waals surface area contributed by atoms with Gasteiger partial charge in [0.15, 0.2) is 0 Å². The second kappa shape index (κ2) is 8.67. The van der Waals surface area contributed by atoms with Gasteiger partial charge in [-0.05, 0) is 38.9 Å². The number of piperazine rings is 1. The van der Waals surface area contributed by atoms with Crippen molar-refractivity contribution in [2.45, 2.75) is 46.4 Å². The van der Waals surface area contributed by atoms with E-state index in [0.717, 1.165) is 45.8 Å². The van der Waals surface area contributed by atoms with Crippen LogP contribution in [0, 0.1) is 0 Å². The average molecular weight is 319 g/mol. The zero-order valence-corrected chi connectivity index (χ0v) is 15.2. The van der Waals surface area contributed by atoms with E-state index in [2.05, 4.69) is 59.7 Å². The van der Waals surface area contributed by atoms with Crippen LogP contribution >= 0.6 is 0 Å². The number of para-hydroxylation sites is 1. The standard InChI is InChI=1S/C19H33N3O/c1-5-20-10-12-21(13-11-20)19-9-7-6-8-18(19)15-22(16(2)3)14-17(4)23/h6-9,16-17,23H,5,10-15H2,1-4H3. The number of aliphatic hydroxyl groups is 1. The number of hydrogen-bond donors (Lipinski definition) is 1. The molecule has 4 nitrogen and oxygen atoms in total. The fourth-order valence-corrected chi connectivity index (χ4v) is 3.27. The van der Waals surface area contributed by atoms with E-state index >= 15 is 0 Å².